The van der Waals surface area contributed by atoms with Gasteiger partial charge in [0.2, 0.25) is 21.8 Å². The highest BCUT2D eigenvalue weighted by Gasteiger charge is 2.63. The number of rotatable bonds is 6. The van der Waals surface area contributed by atoms with Crippen molar-refractivity contribution in [2.75, 3.05) is 11.9 Å². The molecule has 4 amide bonds. The number of sulfonamides is 1. The standard InChI is InChI=1S/C37H42F3N5O7S/c1-36(14-15-36)53(50,51)43-34(48)37-18-23(37)9-5-3-2-4-6-11-30(41-24-12-13-28(39)29(40)16-24)33(47)45-20-25(17-31(45)32(46)42-37)52-35(49)44-19-22-8-7-10-27(38)26(22)21-44/h5,7-10,12-13,16,23,25,30-31,41H,2-4,6,11,14-15,17-21H2,1H3,(H,42,46)(H,43,48)/t23-,25-,30+,31+,37-/m1/s1. The minimum Gasteiger partial charge on any atom is -0.444 e. The van der Waals surface area contributed by atoms with E-state index in [-0.39, 0.29) is 44.6 Å². The third-order valence-corrected chi connectivity index (χ3v) is 13.3. The Balaban J connectivity index is 1.16. The molecule has 2 aromatic rings. The van der Waals surface area contributed by atoms with E-state index in [0.29, 0.717) is 43.2 Å². The molecule has 2 saturated carbocycles. The summed E-state index contributed by atoms with van der Waals surface area (Å²) in [5, 5.41) is 5.78. The van der Waals surface area contributed by atoms with Gasteiger partial charge in [0.1, 0.15) is 29.5 Å². The van der Waals surface area contributed by atoms with E-state index in [9.17, 15) is 40.8 Å². The van der Waals surface area contributed by atoms with Gasteiger partial charge in [-0.3, -0.25) is 24.0 Å². The molecule has 0 aromatic heterocycles. The first-order valence-corrected chi connectivity index (χ1v) is 19.5. The summed E-state index contributed by atoms with van der Waals surface area (Å²) in [7, 11) is -4.04. The van der Waals surface area contributed by atoms with Crippen molar-refractivity contribution in [2.24, 2.45) is 5.92 Å². The maximum atomic E-state index is 14.4. The molecule has 2 aliphatic carbocycles. The van der Waals surface area contributed by atoms with Crippen molar-refractivity contribution in [1.29, 1.82) is 0 Å². The van der Waals surface area contributed by atoms with Crippen LogP contribution in [0.1, 0.15) is 75.8 Å². The van der Waals surface area contributed by atoms with Gasteiger partial charge in [0.15, 0.2) is 11.6 Å². The highest BCUT2D eigenvalue weighted by molar-refractivity contribution is 7.91. The third kappa shape index (κ3) is 7.34. The van der Waals surface area contributed by atoms with E-state index in [1.165, 1.54) is 21.9 Å². The second kappa shape index (κ2) is 14.0. The van der Waals surface area contributed by atoms with Crippen LogP contribution in [-0.4, -0.2) is 77.1 Å². The Labute approximate surface area is 305 Å². The van der Waals surface area contributed by atoms with Gasteiger partial charge >= 0.3 is 6.09 Å². The molecule has 3 heterocycles. The van der Waals surface area contributed by atoms with Crippen molar-refractivity contribution in [3.05, 3.63) is 77.1 Å². The van der Waals surface area contributed by atoms with Gasteiger partial charge in [0.05, 0.1) is 17.8 Å². The van der Waals surface area contributed by atoms with Crippen LogP contribution in [0.2, 0.25) is 0 Å². The molecule has 16 heteroatoms. The molecule has 7 rings (SSSR count). The summed E-state index contributed by atoms with van der Waals surface area (Å²) >= 11 is 0. The summed E-state index contributed by atoms with van der Waals surface area (Å²) in [5.41, 5.74) is -0.437. The van der Waals surface area contributed by atoms with Crippen LogP contribution < -0.4 is 15.4 Å². The number of ether oxygens (including phenoxy) is 1. The Hall–Kier alpha value is -4.60. The number of hydrogen-bond acceptors (Lipinski definition) is 8. The molecule has 0 bridgehead atoms. The number of amides is 4. The third-order valence-electron chi connectivity index (χ3n) is 11.2. The van der Waals surface area contributed by atoms with Gasteiger partial charge in [0.25, 0.3) is 5.91 Å². The average molecular weight is 758 g/mol. The van der Waals surface area contributed by atoms with Gasteiger partial charge < -0.3 is 20.3 Å². The number of nitrogens with zero attached hydrogens (tertiary/aromatic N) is 2. The van der Waals surface area contributed by atoms with Crippen LogP contribution in [0, 0.1) is 23.4 Å². The Morgan fingerprint density at radius 1 is 1.00 bits per heavy atom. The molecule has 3 N–H and O–H groups in total. The van der Waals surface area contributed by atoms with Crippen LogP contribution in [0.25, 0.3) is 0 Å². The van der Waals surface area contributed by atoms with E-state index < -0.39 is 85.7 Å². The van der Waals surface area contributed by atoms with Gasteiger partial charge in [-0.1, -0.05) is 37.1 Å². The van der Waals surface area contributed by atoms with Crippen molar-refractivity contribution in [1.82, 2.24) is 19.8 Å². The number of benzene rings is 2. The van der Waals surface area contributed by atoms with Gasteiger partial charge in [-0.05, 0) is 69.2 Å². The minimum atomic E-state index is -4.04. The summed E-state index contributed by atoms with van der Waals surface area (Å²) in [6.07, 6.45) is 5.68. The lowest BCUT2D eigenvalue weighted by atomic mass is 10.0. The molecule has 0 radical (unpaired) electrons. The van der Waals surface area contributed by atoms with E-state index in [0.717, 1.165) is 18.6 Å². The molecule has 3 aliphatic heterocycles. The topological polar surface area (TPSA) is 154 Å². The molecule has 5 atom stereocenters. The molecule has 2 aromatic carbocycles. The van der Waals surface area contributed by atoms with E-state index >= 15 is 0 Å². The predicted molar refractivity (Wildman–Crippen MR) is 186 cm³/mol. The van der Waals surface area contributed by atoms with Crippen LogP contribution in [0.5, 0.6) is 0 Å². The van der Waals surface area contributed by atoms with Crippen molar-refractivity contribution in [2.45, 2.75) is 106 Å². The van der Waals surface area contributed by atoms with E-state index in [1.54, 1.807) is 25.1 Å². The van der Waals surface area contributed by atoms with E-state index in [4.69, 9.17) is 4.74 Å². The molecule has 0 spiro atoms. The van der Waals surface area contributed by atoms with Gasteiger partial charge in [-0.25, -0.2) is 26.4 Å². The number of allylic oxidation sites excluding steroid dienone is 1. The monoisotopic (exact) mass is 757 g/mol. The molecular weight excluding hydrogens is 715 g/mol. The molecule has 3 fully saturated rings. The van der Waals surface area contributed by atoms with Crippen LogP contribution in [-0.2, 0) is 42.2 Å². The summed E-state index contributed by atoms with van der Waals surface area (Å²) in [5.74, 6) is -5.29. The van der Waals surface area contributed by atoms with Gasteiger partial charge in [-0.15, -0.1) is 0 Å². The molecule has 53 heavy (non-hydrogen) atoms. The van der Waals surface area contributed by atoms with Crippen LogP contribution in [0.3, 0.4) is 0 Å². The highest BCUT2D eigenvalue weighted by Crippen LogP contribution is 2.47. The number of hydrogen-bond donors (Lipinski definition) is 3. The Bertz CT molecular complexity index is 1970. The summed E-state index contributed by atoms with van der Waals surface area (Å²) in [6, 6.07) is 5.50. The highest BCUT2D eigenvalue weighted by atomic mass is 32.2. The normalized spacial score (nSPS) is 28.1. The van der Waals surface area contributed by atoms with Crippen molar-refractivity contribution < 1.29 is 45.5 Å². The fourth-order valence-corrected chi connectivity index (χ4v) is 8.77. The molecular formula is C37H42F3N5O7S. The molecule has 284 valence electrons. The average Bonchev–Trinajstić information content (AvgIpc) is 3.90. The fraction of sp³-hybridized carbons (Fsp3) is 0.514. The van der Waals surface area contributed by atoms with E-state index in [2.05, 4.69) is 15.4 Å². The molecule has 0 unspecified atom stereocenters. The van der Waals surface area contributed by atoms with Gasteiger partial charge in [0, 0.05) is 36.2 Å². The van der Waals surface area contributed by atoms with Gasteiger partial charge in [-0.2, -0.15) is 0 Å². The zero-order chi connectivity index (χ0) is 37.7. The first-order valence-electron chi connectivity index (χ1n) is 18.0. The number of halogens is 3. The predicted octanol–water partition coefficient (Wildman–Crippen LogP) is 4.40. The molecule has 5 aliphatic rings. The number of fused-ring (bicyclic) bond motifs is 3. The van der Waals surface area contributed by atoms with E-state index in [1.807, 2.05) is 6.08 Å². The van der Waals surface area contributed by atoms with Crippen molar-refractivity contribution >= 4 is 39.5 Å². The molecule has 12 nitrogen and oxygen atoms in total. The zero-order valence-corrected chi connectivity index (χ0v) is 30.0. The lowest BCUT2D eigenvalue weighted by molar-refractivity contribution is -0.140. The summed E-state index contributed by atoms with van der Waals surface area (Å²) in [6.45, 7) is 1.43. The second-order valence-electron chi connectivity index (χ2n) is 15.0. The number of nitrogens with one attached hydrogen (secondary N) is 3. The zero-order valence-electron chi connectivity index (χ0n) is 29.2. The Kier molecular flexibility index (Phi) is 9.70. The fourth-order valence-electron chi connectivity index (χ4n) is 7.46. The SMILES string of the molecule is CC1(S(=O)(=O)NC(=O)[C@@]23C[C@H]2C=CCCCCC[C@H](Nc2ccc(F)c(F)c2)C(=O)N2C[C@H](OC(=O)N4Cc5cccc(F)c5C4)C[C@H]2C(=O)N3)CC1. The largest absolute Gasteiger partial charge is 0.444 e. The van der Waals surface area contributed by atoms with Crippen molar-refractivity contribution in [3.63, 3.8) is 0 Å². The van der Waals surface area contributed by atoms with Crippen molar-refractivity contribution in [3.8, 4) is 0 Å². The number of anilines is 1. The maximum Gasteiger partial charge on any atom is 0.410 e. The maximum absolute atomic E-state index is 14.4. The second-order valence-corrected chi connectivity index (χ2v) is 17.2. The Morgan fingerprint density at radius 3 is 2.53 bits per heavy atom. The lowest BCUT2D eigenvalue weighted by Gasteiger charge is -2.30. The minimum absolute atomic E-state index is 0.0190. The Morgan fingerprint density at radius 2 is 1.79 bits per heavy atom. The number of carbonyl (C=O) groups excluding carboxylic acids is 4. The van der Waals surface area contributed by atoms with Crippen LogP contribution in [0.15, 0.2) is 48.6 Å². The van der Waals surface area contributed by atoms with Crippen LogP contribution in [0.4, 0.5) is 23.7 Å². The smallest absolute Gasteiger partial charge is 0.410 e. The molecule has 1 saturated heterocycles. The quantitative estimate of drug-likeness (QED) is 0.367. The first-order chi connectivity index (χ1) is 25.2. The number of carbonyl (C=O) groups is 4. The summed E-state index contributed by atoms with van der Waals surface area (Å²) in [4.78, 5) is 58.3. The van der Waals surface area contributed by atoms with Crippen LogP contribution >= 0.6 is 0 Å². The first kappa shape index (κ1) is 36.7. The summed E-state index contributed by atoms with van der Waals surface area (Å²) < 4.78 is 75.4. The lowest BCUT2D eigenvalue weighted by Crippen LogP contribution is -2.58.